The van der Waals surface area contributed by atoms with Crippen LogP contribution in [0.5, 0.6) is 5.75 Å². The maximum Gasteiger partial charge on any atom is 0.240 e. The van der Waals surface area contributed by atoms with Gasteiger partial charge in [0.15, 0.2) is 0 Å². The first-order valence-electron chi connectivity index (χ1n) is 10.1. The average Bonchev–Trinajstić information content (AvgIpc) is 2.77. The van der Waals surface area contributed by atoms with Crippen molar-refractivity contribution in [2.24, 2.45) is 0 Å². The van der Waals surface area contributed by atoms with Gasteiger partial charge in [0.25, 0.3) is 0 Å². The minimum absolute atomic E-state index is 0.0608. The first kappa shape index (κ1) is 22.6. The monoisotopic (exact) mass is 450 g/mol. The number of halogens is 1. The summed E-state index contributed by atoms with van der Waals surface area (Å²) in [5.41, 5.74) is 0.385. The number of sulfonamides is 1. The van der Waals surface area contributed by atoms with E-state index in [1.54, 1.807) is 19.2 Å². The zero-order valence-electron chi connectivity index (χ0n) is 17.0. The molecule has 2 aromatic rings. The molecule has 6 nitrogen and oxygen atoms in total. The first-order valence-corrected chi connectivity index (χ1v) is 11.9. The highest BCUT2D eigenvalue weighted by molar-refractivity contribution is 7.89. The molecule has 30 heavy (non-hydrogen) atoms. The highest BCUT2D eigenvalue weighted by atomic mass is 35.5. The quantitative estimate of drug-likeness (QED) is 0.601. The number of nitrogens with one attached hydrogen (secondary N) is 2. The molecule has 162 valence electrons. The van der Waals surface area contributed by atoms with E-state index >= 15 is 0 Å². The van der Waals surface area contributed by atoms with E-state index in [1.165, 1.54) is 12.1 Å². The van der Waals surface area contributed by atoms with Gasteiger partial charge in [-0.25, -0.2) is 13.1 Å². The van der Waals surface area contributed by atoms with Crippen LogP contribution in [0.1, 0.15) is 37.7 Å². The molecule has 0 atom stereocenters. The number of carbonyl (C=O) groups is 1. The summed E-state index contributed by atoms with van der Waals surface area (Å²) >= 11 is 5.88. The van der Waals surface area contributed by atoms with Gasteiger partial charge in [0.2, 0.25) is 15.9 Å². The van der Waals surface area contributed by atoms with Gasteiger partial charge in [-0.1, -0.05) is 49.1 Å². The van der Waals surface area contributed by atoms with Crippen molar-refractivity contribution in [3.63, 3.8) is 0 Å². The lowest BCUT2D eigenvalue weighted by atomic mass is 9.68. The average molecular weight is 451 g/mol. The van der Waals surface area contributed by atoms with Crippen LogP contribution in [0.15, 0.2) is 53.4 Å². The summed E-state index contributed by atoms with van der Waals surface area (Å²) in [6, 6.07) is 13.7. The van der Waals surface area contributed by atoms with Crippen LogP contribution in [0.2, 0.25) is 5.02 Å². The second kappa shape index (κ2) is 9.81. The van der Waals surface area contributed by atoms with Gasteiger partial charge >= 0.3 is 0 Å². The molecule has 3 rings (SSSR count). The van der Waals surface area contributed by atoms with E-state index in [0.29, 0.717) is 5.02 Å². The van der Waals surface area contributed by atoms with E-state index in [1.807, 2.05) is 24.3 Å². The minimum Gasteiger partial charge on any atom is -0.497 e. The Bertz CT molecular complexity index is 971. The number of hydrogen-bond donors (Lipinski definition) is 2. The number of benzene rings is 2. The lowest BCUT2D eigenvalue weighted by Gasteiger charge is -2.36. The highest BCUT2D eigenvalue weighted by Crippen LogP contribution is 2.40. The van der Waals surface area contributed by atoms with Gasteiger partial charge in [-0.15, -0.1) is 0 Å². The van der Waals surface area contributed by atoms with Gasteiger partial charge in [0.1, 0.15) is 5.75 Å². The third kappa shape index (κ3) is 5.14. The Morgan fingerprint density at radius 3 is 2.40 bits per heavy atom. The molecular formula is C22H27ClN2O4S. The number of ether oxygens (including phenoxy) is 1. The second-order valence-corrected chi connectivity index (χ2v) is 9.69. The predicted octanol–water partition coefficient (Wildman–Crippen LogP) is 3.65. The van der Waals surface area contributed by atoms with Gasteiger partial charge < -0.3 is 10.1 Å². The number of hydrogen-bond acceptors (Lipinski definition) is 4. The summed E-state index contributed by atoms with van der Waals surface area (Å²) in [4.78, 5) is 13.3. The van der Waals surface area contributed by atoms with E-state index in [-0.39, 0.29) is 23.9 Å². The molecule has 8 heteroatoms. The summed E-state index contributed by atoms with van der Waals surface area (Å²) in [6.07, 6.45) is 4.64. The fourth-order valence-corrected chi connectivity index (χ4v) is 5.29. The molecule has 1 saturated carbocycles. The Labute approximate surface area is 183 Å². The lowest BCUT2D eigenvalue weighted by molar-refractivity contribution is -0.128. The molecule has 1 amide bonds. The topological polar surface area (TPSA) is 84.5 Å². The van der Waals surface area contributed by atoms with E-state index < -0.39 is 15.4 Å². The fraction of sp³-hybridized carbons (Fsp3) is 0.409. The molecule has 2 N–H and O–H groups in total. The molecule has 0 spiro atoms. The summed E-state index contributed by atoms with van der Waals surface area (Å²) in [7, 11) is -2.07. The molecular weight excluding hydrogens is 424 g/mol. The highest BCUT2D eigenvalue weighted by Gasteiger charge is 2.40. The number of carbonyl (C=O) groups excluding carboxylic acids is 1. The Hall–Kier alpha value is -2.09. The van der Waals surface area contributed by atoms with Crippen molar-refractivity contribution < 1.29 is 17.9 Å². The summed E-state index contributed by atoms with van der Waals surface area (Å²) in [5, 5.41) is 3.28. The summed E-state index contributed by atoms with van der Waals surface area (Å²) < 4.78 is 32.5. The van der Waals surface area contributed by atoms with E-state index in [2.05, 4.69) is 10.0 Å². The Morgan fingerprint density at radius 2 is 1.77 bits per heavy atom. The van der Waals surface area contributed by atoms with Gasteiger partial charge in [-0.3, -0.25) is 4.79 Å². The maximum absolute atomic E-state index is 13.2. The van der Waals surface area contributed by atoms with Crippen molar-refractivity contribution in [3.8, 4) is 5.75 Å². The van der Waals surface area contributed by atoms with Crippen molar-refractivity contribution in [1.29, 1.82) is 0 Å². The van der Waals surface area contributed by atoms with Crippen LogP contribution in [-0.2, 0) is 20.2 Å². The Balaban J connectivity index is 1.63. The molecule has 2 aromatic carbocycles. The largest absolute Gasteiger partial charge is 0.497 e. The molecule has 0 radical (unpaired) electrons. The van der Waals surface area contributed by atoms with Crippen molar-refractivity contribution in [1.82, 2.24) is 10.0 Å². The van der Waals surface area contributed by atoms with Gasteiger partial charge in [-0.2, -0.15) is 0 Å². The van der Waals surface area contributed by atoms with Crippen LogP contribution in [0.25, 0.3) is 0 Å². The van der Waals surface area contributed by atoms with E-state index in [0.717, 1.165) is 43.4 Å². The maximum atomic E-state index is 13.2. The van der Waals surface area contributed by atoms with Gasteiger partial charge in [-0.05, 0) is 48.7 Å². The zero-order valence-corrected chi connectivity index (χ0v) is 18.6. The Kier molecular flexibility index (Phi) is 7.39. The van der Waals surface area contributed by atoms with Crippen LogP contribution < -0.4 is 14.8 Å². The van der Waals surface area contributed by atoms with Gasteiger partial charge in [0.05, 0.1) is 17.4 Å². The second-order valence-electron chi connectivity index (χ2n) is 7.48. The molecule has 1 fully saturated rings. The molecule has 1 aliphatic carbocycles. The standard InChI is InChI=1S/C22H27ClN2O4S/c1-29-19-10-8-17(9-11-19)22(12-3-2-4-13-22)21(26)24-14-15-25-30(27,28)20-7-5-6-18(23)16-20/h5-11,16,25H,2-4,12-15H2,1H3,(H,24,26). The molecule has 0 aliphatic heterocycles. The SMILES string of the molecule is COc1ccc(C2(C(=O)NCCNS(=O)(=O)c3cccc(Cl)c3)CCCCC2)cc1. The van der Waals surface area contributed by atoms with E-state index in [9.17, 15) is 13.2 Å². The van der Waals surface area contributed by atoms with Crippen molar-refractivity contribution >= 4 is 27.5 Å². The van der Waals surface area contributed by atoms with Crippen molar-refractivity contribution in [2.75, 3.05) is 20.2 Å². The molecule has 0 bridgehead atoms. The predicted molar refractivity (Wildman–Crippen MR) is 117 cm³/mol. The molecule has 0 unspecified atom stereocenters. The van der Waals surface area contributed by atoms with Crippen molar-refractivity contribution in [3.05, 3.63) is 59.1 Å². The van der Waals surface area contributed by atoms with Crippen LogP contribution in [-0.4, -0.2) is 34.5 Å². The summed E-state index contributed by atoms with van der Waals surface area (Å²) in [6.45, 7) is 0.301. The summed E-state index contributed by atoms with van der Waals surface area (Å²) in [5.74, 6) is 0.690. The number of methoxy groups -OCH3 is 1. The van der Waals surface area contributed by atoms with E-state index in [4.69, 9.17) is 16.3 Å². The normalized spacial score (nSPS) is 16.1. The zero-order chi connectivity index (χ0) is 21.6. The number of rotatable bonds is 8. The lowest BCUT2D eigenvalue weighted by Crippen LogP contribution is -2.47. The third-order valence-corrected chi connectivity index (χ3v) is 7.29. The van der Waals surface area contributed by atoms with Crippen LogP contribution >= 0.6 is 11.6 Å². The van der Waals surface area contributed by atoms with Crippen LogP contribution in [0, 0.1) is 0 Å². The van der Waals surface area contributed by atoms with Crippen LogP contribution in [0.4, 0.5) is 0 Å². The number of amides is 1. The molecule has 0 heterocycles. The fourth-order valence-electron chi connectivity index (χ4n) is 3.96. The third-order valence-electron chi connectivity index (χ3n) is 5.59. The molecule has 0 aromatic heterocycles. The smallest absolute Gasteiger partial charge is 0.240 e. The molecule has 0 saturated heterocycles. The van der Waals surface area contributed by atoms with Crippen molar-refractivity contribution in [2.45, 2.75) is 42.4 Å². The first-order chi connectivity index (χ1) is 14.4. The molecule has 1 aliphatic rings. The minimum atomic E-state index is -3.68. The van der Waals surface area contributed by atoms with Gasteiger partial charge in [0, 0.05) is 18.1 Å². The Morgan fingerprint density at radius 1 is 1.07 bits per heavy atom. The van der Waals surface area contributed by atoms with Crippen LogP contribution in [0.3, 0.4) is 0 Å².